The molecular formula is C18H23N3. The normalized spacial score (nSPS) is 22.0. The Kier molecular flexibility index (Phi) is 4.49. The summed E-state index contributed by atoms with van der Waals surface area (Å²) in [6.45, 7) is 2.30. The highest BCUT2D eigenvalue weighted by Gasteiger charge is 2.20. The van der Waals surface area contributed by atoms with Gasteiger partial charge in [0.15, 0.2) is 5.82 Å². The lowest BCUT2D eigenvalue weighted by atomic mass is 9.84. The smallest absolute Gasteiger partial charge is 0.159 e. The van der Waals surface area contributed by atoms with Crippen LogP contribution in [0, 0.1) is 5.92 Å². The SMILES string of the molecule is CCC1CCCC(Nc2cnc(-c3ccccc3)nc2)C1. The summed E-state index contributed by atoms with van der Waals surface area (Å²) < 4.78 is 0. The van der Waals surface area contributed by atoms with Crippen molar-refractivity contribution in [3.8, 4) is 11.4 Å². The van der Waals surface area contributed by atoms with E-state index in [-0.39, 0.29) is 0 Å². The maximum atomic E-state index is 4.48. The van der Waals surface area contributed by atoms with Crippen LogP contribution in [0.4, 0.5) is 5.69 Å². The van der Waals surface area contributed by atoms with Gasteiger partial charge < -0.3 is 5.32 Å². The van der Waals surface area contributed by atoms with Gasteiger partial charge in [-0.05, 0) is 18.8 Å². The standard InChI is InChI=1S/C18H23N3/c1-2-14-7-6-10-16(11-14)21-17-12-19-18(20-13-17)15-8-4-3-5-9-15/h3-5,8-9,12-14,16,21H,2,6-7,10-11H2,1H3. The largest absolute Gasteiger partial charge is 0.380 e. The van der Waals surface area contributed by atoms with Gasteiger partial charge in [-0.2, -0.15) is 0 Å². The van der Waals surface area contributed by atoms with Crippen LogP contribution in [-0.2, 0) is 0 Å². The number of hydrogen-bond donors (Lipinski definition) is 1. The second kappa shape index (κ2) is 6.70. The van der Waals surface area contributed by atoms with E-state index in [9.17, 15) is 0 Å². The van der Waals surface area contributed by atoms with Gasteiger partial charge in [-0.3, -0.25) is 0 Å². The van der Waals surface area contributed by atoms with Gasteiger partial charge in [-0.25, -0.2) is 9.97 Å². The molecular weight excluding hydrogens is 258 g/mol. The van der Waals surface area contributed by atoms with Gasteiger partial charge in [-0.15, -0.1) is 0 Å². The molecule has 0 aliphatic heterocycles. The zero-order valence-corrected chi connectivity index (χ0v) is 12.6. The molecule has 1 fully saturated rings. The average Bonchev–Trinajstić information content (AvgIpc) is 2.56. The van der Waals surface area contributed by atoms with Crippen LogP contribution in [0.5, 0.6) is 0 Å². The number of aromatic nitrogens is 2. The molecule has 2 atom stereocenters. The molecule has 0 radical (unpaired) electrons. The monoisotopic (exact) mass is 281 g/mol. The first-order valence-corrected chi connectivity index (χ1v) is 7.99. The van der Waals surface area contributed by atoms with Crippen molar-refractivity contribution in [2.24, 2.45) is 5.92 Å². The Hall–Kier alpha value is -1.90. The first-order chi connectivity index (χ1) is 10.3. The summed E-state index contributed by atoms with van der Waals surface area (Å²) >= 11 is 0. The predicted octanol–water partition coefficient (Wildman–Crippen LogP) is 4.52. The van der Waals surface area contributed by atoms with Crippen molar-refractivity contribution in [3.63, 3.8) is 0 Å². The second-order valence-electron chi connectivity index (χ2n) is 5.94. The summed E-state index contributed by atoms with van der Waals surface area (Å²) in [4.78, 5) is 8.96. The molecule has 0 amide bonds. The molecule has 1 N–H and O–H groups in total. The van der Waals surface area contributed by atoms with Gasteiger partial charge in [0.25, 0.3) is 0 Å². The molecule has 3 nitrogen and oxygen atoms in total. The quantitative estimate of drug-likeness (QED) is 0.895. The Morgan fingerprint density at radius 3 is 2.57 bits per heavy atom. The van der Waals surface area contributed by atoms with Crippen LogP contribution >= 0.6 is 0 Å². The van der Waals surface area contributed by atoms with Gasteiger partial charge in [0, 0.05) is 11.6 Å². The molecule has 2 unspecified atom stereocenters. The molecule has 1 heterocycles. The molecule has 0 bridgehead atoms. The van der Waals surface area contributed by atoms with E-state index in [0.717, 1.165) is 23.0 Å². The van der Waals surface area contributed by atoms with Crippen LogP contribution in [0.15, 0.2) is 42.7 Å². The minimum absolute atomic E-state index is 0.579. The van der Waals surface area contributed by atoms with Crippen LogP contribution < -0.4 is 5.32 Å². The average molecular weight is 281 g/mol. The summed E-state index contributed by atoms with van der Waals surface area (Å²) in [6, 6.07) is 10.7. The molecule has 3 rings (SSSR count). The molecule has 110 valence electrons. The number of nitrogens with zero attached hydrogens (tertiary/aromatic N) is 2. The van der Waals surface area contributed by atoms with Gasteiger partial charge in [-0.1, -0.05) is 56.5 Å². The van der Waals surface area contributed by atoms with Crippen LogP contribution in [0.2, 0.25) is 0 Å². The number of rotatable bonds is 4. The highest BCUT2D eigenvalue weighted by Crippen LogP contribution is 2.28. The van der Waals surface area contributed by atoms with Gasteiger partial charge in [0.2, 0.25) is 0 Å². The van der Waals surface area contributed by atoms with Gasteiger partial charge >= 0.3 is 0 Å². The Balaban J connectivity index is 1.65. The number of benzene rings is 1. The van der Waals surface area contributed by atoms with Crippen molar-refractivity contribution in [3.05, 3.63) is 42.7 Å². The van der Waals surface area contributed by atoms with Crippen molar-refractivity contribution in [1.29, 1.82) is 0 Å². The minimum atomic E-state index is 0.579. The zero-order valence-electron chi connectivity index (χ0n) is 12.6. The van der Waals surface area contributed by atoms with E-state index >= 15 is 0 Å². The third-order valence-corrected chi connectivity index (χ3v) is 4.41. The number of hydrogen-bond acceptors (Lipinski definition) is 3. The fraction of sp³-hybridized carbons (Fsp3) is 0.444. The maximum Gasteiger partial charge on any atom is 0.159 e. The summed E-state index contributed by atoms with van der Waals surface area (Å²) in [5.74, 6) is 1.66. The first kappa shape index (κ1) is 14.1. The topological polar surface area (TPSA) is 37.8 Å². The molecule has 1 aliphatic rings. The van der Waals surface area contributed by atoms with E-state index in [1.54, 1.807) is 0 Å². The number of nitrogens with one attached hydrogen (secondary N) is 1. The summed E-state index contributed by atoms with van der Waals surface area (Å²) in [7, 11) is 0. The highest BCUT2D eigenvalue weighted by atomic mass is 15.0. The third kappa shape index (κ3) is 3.60. The van der Waals surface area contributed by atoms with Crippen molar-refractivity contribution >= 4 is 5.69 Å². The predicted molar refractivity (Wildman–Crippen MR) is 87.1 cm³/mol. The van der Waals surface area contributed by atoms with Gasteiger partial charge in [0.05, 0.1) is 18.1 Å². The van der Waals surface area contributed by atoms with Crippen molar-refractivity contribution in [2.75, 3.05) is 5.32 Å². The van der Waals surface area contributed by atoms with Crippen LogP contribution in [0.3, 0.4) is 0 Å². The zero-order chi connectivity index (χ0) is 14.5. The molecule has 3 heteroatoms. The maximum absolute atomic E-state index is 4.48. The van der Waals surface area contributed by atoms with E-state index in [2.05, 4.69) is 22.2 Å². The minimum Gasteiger partial charge on any atom is -0.380 e. The molecule has 1 aromatic carbocycles. The molecule has 1 aromatic heterocycles. The van der Waals surface area contributed by atoms with Crippen molar-refractivity contribution in [1.82, 2.24) is 9.97 Å². The lowest BCUT2D eigenvalue weighted by Crippen LogP contribution is -2.27. The second-order valence-corrected chi connectivity index (χ2v) is 5.94. The van der Waals surface area contributed by atoms with E-state index < -0.39 is 0 Å². The Labute approximate surface area is 126 Å². The Morgan fingerprint density at radius 2 is 1.86 bits per heavy atom. The third-order valence-electron chi connectivity index (χ3n) is 4.41. The molecule has 0 spiro atoms. The van der Waals surface area contributed by atoms with Crippen molar-refractivity contribution in [2.45, 2.75) is 45.1 Å². The van der Waals surface area contributed by atoms with Gasteiger partial charge in [0.1, 0.15) is 0 Å². The Morgan fingerprint density at radius 1 is 1.10 bits per heavy atom. The molecule has 21 heavy (non-hydrogen) atoms. The first-order valence-electron chi connectivity index (χ1n) is 7.99. The fourth-order valence-corrected chi connectivity index (χ4v) is 3.17. The van der Waals surface area contributed by atoms with E-state index in [4.69, 9.17) is 0 Å². The molecule has 1 aliphatic carbocycles. The van der Waals surface area contributed by atoms with Crippen LogP contribution in [-0.4, -0.2) is 16.0 Å². The molecule has 1 saturated carbocycles. The number of anilines is 1. The summed E-state index contributed by atoms with van der Waals surface area (Å²) in [6.07, 6.45) is 10.4. The lowest BCUT2D eigenvalue weighted by molar-refractivity contribution is 0.327. The summed E-state index contributed by atoms with van der Waals surface area (Å²) in [5.41, 5.74) is 2.10. The highest BCUT2D eigenvalue weighted by molar-refractivity contribution is 5.55. The van der Waals surface area contributed by atoms with Crippen molar-refractivity contribution < 1.29 is 0 Å². The van der Waals surface area contributed by atoms with E-state index in [1.807, 2.05) is 42.7 Å². The summed E-state index contributed by atoms with van der Waals surface area (Å²) in [5, 5.41) is 3.60. The van der Waals surface area contributed by atoms with Crippen LogP contribution in [0.1, 0.15) is 39.0 Å². The van der Waals surface area contributed by atoms with Crippen LogP contribution in [0.25, 0.3) is 11.4 Å². The lowest BCUT2D eigenvalue weighted by Gasteiger charge is -2.29. The molecule has 0 saturated heterocycles. The molecule has 2 aromatic rings. The van der Waals surface area contributed by atoms with E-state index in [0.29, 0.717) is 6.04 Å². The Bertz CT molecular complexity index is 550. The fourth-order valence-electron chi connectivity index (χ4n) is 3.17. The van der Waals surface area contributed by atoms with E-state index in [1.165, 1.54) is 32.1 Å².